The topological polar surface area (TPSA) is 65.4 Å². The Morgan fingerprint density at radius 3 is 2.64 bits per heavy atom. The highest BCUT2D eigenvalue weighted by Gasteiger charge is 2.19. The van der Waals surface area contributed by atoms with Crippen molar-refractivity contribution in [3.63, 3.8) is 0 Å². The fourth-order valence-electron chi connectivity index (χ4n) is 2.62. The van der Waals surface area contributed by atoms with Crippen molar-refractivity contribution in [2.45, 2.75) is 46.6 Å². The van der Waals surface area contributed by atoms with E-state index < -0.39 is 0 Å². The van der Waals surface area contributed by atoms with E-state index in [9.17, 15) is 4.79 Å². The second kappa shape index (κ2) is 9.15. The highest BCUT2D eigenvalue weighted by Crippen LogP contribution is 2.36. The molecule has 0 spiro atoms. The van der Waals surface area contributed by atoms with Gasteiger partial charge in [0, 0.05) is 12.1 Å². The van der Waals surface area contributed by atoms with Crippen LogP contribution in [0, 0.1) is 6.92 Å². The lowest BCUT2D eigenvalue weighted by atomic mass is 10.1. The van der Waals surface area contributed by atoms with Crippen LogP contribution in [0.15, 0.2) is 24.3 Å². The monoisotopic (exact) mass is 405 g/mol. The van der Waals surface area contributed by atoms with Crippen LogP contribution in [0.5, 0.6) is 11.5 Å². The van der Waals surface area contributed by atoms with Crippen molar-refractivity contribution in [2.24, 2.45) is 0 Å². The number of benzene rings is 1. The Morgan fingerprint density at radius 2 is 2.04 bits per heavy atom. The van der Waals surface area contributed by atoms with Crippen LogP contribution in [-0.2, 0) is 10.3 Å². The van der Waals surface area contributed by atoms with E-state index in [2.05, 4.69) is 10.4 Å². The van der Waals surface area contributed by atoms with Crippen LogP contribution in [0.25, 0.3) is 6.08 Å². The average molecular weight is 406 g/mol. The molecule has 152 valence electrons. The molecule has 1 aromatic heterocycles. The molecular formula is C21H28ClN3O3. The van der Waals surface area contributed by atoms with Crippen LogP contribution in [-0.4, -0.2) is 29.4 Å². The summed E-state index contributed by atoms with van der Waals surface area (Å²) in [6.07, 6.45) is 4.00. The van der Waals surface area contributed by atoms with E-state index in [0.717, 1.165) is 17.7 Å². The maximum absolute atomic E-state index is 12.4. The zero-order chi connectivity index (χ0) is 20.9. The number of rotatable bonds is 7. The lowest BCUT2D eigenvalue weighted by molar-refractivity contribution is -0.111. The Balaban J connectivity index is 2.18. The van der Waals surface area contributed by atoms with Crippen LogP contribution in [0.2, 0.25) is 5.02 Å². The van der Waals surface area contributed by atoms with Gasteiger partial charge in [0.15, 0.2) is 11.5 Å². The van der Waals surface area contributed by atoms with E-state index >= 15 is 0 Å². The van der Waals surface area contributed by atoms with Gasteiger partial charge >= 0.3 is 0 Å². The van der Waals surface area contributed by atoms with Crippen LogP contribution in [0.1, 0.15) is 45.4 Å². The number of halogens is 1. The van der Waals surface area contributed by atoms with Crippen molar-refractivity contribution in [2.75, 3.05) is 19.0 Å². The summed E-state index contributed by atoms with van der Waals surface area (Å²) in [6.45, 7) is 10.5. The molecule has 0 unspecified atom stereocenters. The molecule has 0 saturated heterocycles. The third kappa shape index (κ3) is 5.52. The summed E-state index contributed by atoms with van der Waals surface area (Å²) in [6, 6.07) is 5.36. The molecule has 7 heteroatoms. The smallest absolute Gasteiger partial charge is 0.249 e. The zero-order valence-electron chi connectivity index (χ0n) is 17.3. The van der Waals surface area contributed by atoms with Crippen LogP contribution < -0.4 is 14.8 Å². The minimum absolute atomic E-state index is 0.240. The summed E-state index contributed by atoms with van der Waals surface area (Å²) < 4.78 is 12.8. The third-order valence-electron chi connectivity index (χ3n) is 3.85. The molecule has 2 rings (SSSR count). The number of ether oxygens (including phenoxy) is 2. The summed E-state index contributed by atoms with van der Waals surface area (Å²) in [7, 11) is 1.56. The maximum atomic E-state index is 12.4. The SMILES string of the molecule is CCCOc1c(Cl)cc(/C=C/C(=O)Nc2cc(C)nn2C(C)(C)C)cc1OC. The summed E-state index contributed by atoms with van der Waals surface area (Å²) >= 11 is 6.32. The summed E-state index contributed by atoms with van der Waals surface area (Å²) in [5.41, 5.74) is 1.34. The van der Waals surface area contributed by atoms with E-state index in [1.165, 1.54) is 6.08 Å². The van der Waals surface area contributed by atoms with Crippen molar-refractivity contribution in [1.29, 1.82) is 0 Å². The number of amides is 1. The van der Waals surface area contributed by atoms with Gasteiger partial charge in [0.25, 0.3) is 0 Å². The number of aryl methyl sites for hydroxylation is 1. The number of anilines is 1. The van der Waals surface area contributed by atoms with Gasteiger partial charge < -0.3 is 14.8 Å². The van der Waals surface area contributed by atoms with Crippen LogP contribution in [0.4, 0.5) is 5.82 Å². The predicted molar refractivity (Wildman–Crippen MR) is 113 cm³/mol. The van der Waals surface area contributed by atoms with Crippen molar-refractivity contribution in [3.8, 4) is 11.5 Å². The normalized spacial score (nSPS) is 11.7. The summed E-state index contributed by atoms with van der Waals surface area (Å²) in [5.74, 6) is 1.44. The molecule has 0 radical (unpaired) electrons. The van der Waals surface area contributed by atoms with Gasteiger partial charge in [-0.25, -0.2) is 4.68 Å². The molecule has 1 heterocycles. The molecule has 0 saturated carbocycles. The number of nitrogens with one attached hydrogen (secondary N) is 1. The van der Waals surface area contributed by atoms with Crippen molar-refractivity contribution < 1.29 is 14.3 Å². The van der Waals surface area contributed by atoms with E-state index in [1.54, 1.807) is 30.0 Å². The van der Waals surface area contributed by atoms with Gasteiger partial charge in [-0.15, -0.1) is 0 Å². The summed E-state index contributed by atoms with van der Waals surface area (Å²) in [4.78, 5) is 12.4. The molecule has 1 aromatic carbocycles. The molecule has 0 bridgehead atoms. The predicted octanol–water partition coefficient (Wildman–Crippen LogP) is 5.05. The van der Waals surface area contributed by atoms with Gasteiger partial charge in [0.2, 0.25) is 5.91 Å². The number of aromatic nitrogens is 2. The third-order valence-corrected chi connectivity index (χ3v) is 4.13. The van der Waals surface area contributed by atoms with Gasteiger partial charge in [-0.2, -0.15) is 5.10 Å². The quantitative estimate of drug-likeness (QED) is 0.654. The van der Waals surface area contributed by atoms with E-state index in [-0.39, 0.29) is 11.4 Å². The molecule has 2 aromatic rings. The summed E-state index contributed by atoms with van der Waals surface area (Å²) in [5, 5.41) is 7.77. The molecule has 0 atom stereocenters. The Kier molecular flexibility index (Phi) is 7.13. The first kappa shape index (κ1) is 21.8. The average Bonchev–Trinajstić information content (AvgIpc) is 2.99. The van der Waals surface area contributed by atoms with Crippen molar-refractivity contribution >= 4 is 29.4 Å². The number of methoxy groups -OCH3 is 1. The van der Waals surface area contributed by atoms with Gasteiger partial charge in [-0.1, -0.05) is 18.5 Å². The lowest BCUT2D eigenvalue weighted by Crippen LogP contribution is -2.26. The highest BCUT2D eigenvalue weighted by atomic mass is 35.5. The lowest BCUT2D eigenvalue weighted by Gasteiger charge is -2.22. The molecule has 1 N–H and O–H groups in total. The Bertz CT molecular complexity index is 867. The molecule has 1 amide bonds. The minimum Gasteiger partial charge on any atom is -0.493 e. The first-order valence-corrected chi connectivity index (χ1v) is 9.60. The molecular weight excluding hydrogens is 378 g/mol. The number of hydrogen-bond donors (Lipinski definition) is 1. The van der Waals surface area contributed by atoms with Crippen LogP contribution >= 0.6 is 11.6 Å². The fraction of sp³-hybridized carbons (Fsp3) is 0.429. The molecule has 0 aliphatic carbocycles. The van der Waals surface area contributed by atoms with E-state index in [0.29, 0.717) is 28.9 Å². The number of hydrogen-bond acceptors (Lipinski definition) is 4. The maximum Gasteiger partial charge on any atom is 0.249 e. The Hall–Kier alpha value is -2.47. The fourth-order valence-corrected chi connectivity index (χ4v) is 2.89. The standard InChI is InChI=1S/C21H28ClN3O3/c1-7-10-28-20-16(22)12-15(13-17(20)27-6)8-9-19(26)23-18-11-14(2)24-25(18)21(3,4)5/h8-9,11-13H,7,10H2,1-6H3,(H,23,26)/b9-8+. The van der Waals surface area contributed by atoms with E-state index in [1.807, 2.05) is 40.7 Å². The van der Waals surface area contributed by atoms with Crippen molar-refractivity contribution in [3.05, 3.63) is 40.6 Å². The van der Waals surface area contributed by atoms with Gasteiger partial charge in [-0.05, 0) is 57.9 Å². The van der Waals surface area contributed by atoms with E-state index in [4.69, 9.17) is 21.1 Å². The molecule has 0 aliphatic rings. The second-order valence-corrected chi connectivity index (χ2v) is 7.87. The molecule has 0 fully saturated rings. The first-order chi connectivity index (χ1) is 13.2. The Labute approximate surface area is 171 Å². The number of carbonyl (C=O) groups is 1. The Morgan fingerprint density at radius 1 is 1.32 bits per heavy atom. The van der Waals surface area contributed by atoms with Crippen LogP contribution in [0.3, 0.4) is 0 Å². The van der Waals surface area contributed by atoms with Gasteiger partial charge in [-0.3, -0.25) is 4.79 Å². The molecule has 6 nitrogen and oxygen atoms in total. The molecule has 28 heavy (non-hydrogen) atoms. The number of nitrogens with zero attached hydrogens (tertiary/aromatic N) is 2. The van der Waals surface area contributed by atoms with Crippen molar-refractivity contribution in [1.82, 2.24) is 9.78 Å². The van der Waals surface area contributed by atoms with Gasteiger partial charge in [0.1, 0.15) is 5.82 Å². The largest absolute Gasteiger partial charge is 0.493 e. The zero-order valence-corrected chi connectivity index (χ0v) is 18.1. The highest BCUT2D eigenvalue weighted by molar-refractivity contribution is 6.32. The van der Waals surface area contributed by atoms with Gasteiger partial charge in [0.05, 0.1) is 30.0 Å². The number of carbonyl (C=O) groups excluding carboxylic acids is 1. The molecule has 0 aliphatic heterocycles. The second-order valence-electron chi connectivity index (χ2n) is 7.46. The first-order valence-electron chi connectivity index (χ1n) is 9.22. The minimum atomic E-state index is -0.258.